The van der Waals surface area contributed by atoms with Crippen molar-refractivity contribution >= 4 is 11.6 Å². The fourth-order valence-electron chi connectivity index (χ4n) is 3.03. The molecule has 1 aromatic carbocycles. The summed E-state index contributed by atoms with van der Waals surface area (Å²) < 4.78 is 0. The summed E-state index contributed by atoms with van der Waals surface area (Å²) >= 11 is 0. The van der Waals surface area contributed by atoms with Crippen molar-refractivity contribution in [3.8, 4) is 0 Å². The molecule has 0 fully saturated rings. The van der Waals surface area contributed by atoms with E-state index in [1.165, 1.54) is 11.3 Å². The average molecular weight is 289 g/mol. The molecule has 0 aromatic heterocycles. The number of amides is 1. The number of fused-ring (bicyclic) bond motifs is 1. The van der Waals surface area contributed by atoms with Gasteiger partial charge in [0.1, 0.15) is 6.04 Å². The molecule has 1 aromatic rings. The highest BCUT2D eigenvalue weighted by Crippen LogP contribution is 2.33. The Morgan fingerprint density at radius 1 is 1.43 bits per heavy atom. The minimum Gasteiger partial charge on any atom is -0.360 e. The summed E-state index contributed by atoms with van der Waals surface area (Å²) in [6.07, 6.45) is 3.16. The van der Waals surface area contributed by atoms with Crippen LogP contribution in [0.4, 0.5) is 5.69 Å². The Morgan fingerprint density at radius 3 is 2.90 bits per heavy atom. The van der Waals surface area contributed by atoms with Crippen LogP contribution in [-0.2, 0) is 4.79 Å². The Labute approximate surface area is 127 Å². The maximum Gasteiger partial charge on any atom is 0.242 e. The number of nitrogens with one attached hydrogen (secondary N) is 2. The molecule has 0 saturated heterocycles. The number of rotatable bonds is 5. The molecule has 0 saturated carbocycles. The summed E-state index contributed by atoms with van der Waals surface area (Å²) in [5, 5.41) is 6.41. The standard InChI is InChI=1S/C17H27N3O/c1-4-11-19-17(21)13(2)20-12-7-9-15(18-3)14-8-5-6-10-16(14)20/h5-6,8,10,13,15,18H,4,7,9,11-12H2,1-3H3,(H,19,21). The van der Waals surface area contributed by atoms with E-state index in [1.807, 2.05) is 14.0 Å². The van der Waals surface area contributed by atoms with E-state index in [4.69, 9.17) is 0 Å². The predicted octanol–water partition coefficient (Wildman–Crippen LogP) is 2.46. The molecule has 2 atom stereocenters. The van der Waals surface area contributed by atoms with Crippen LogP contribution in [0.5, 0.6) is 0 Å². The van der Waals surface area contributed by atoms with Gasteiger partial charge in [-0.15, -0.1) is 0 Å². The number of benzene rings is 1. The maximum atomic E-state index is 12.3. The molecule has 0 aliphatic carbocycles. The van der Waals surface area contributed by atoms with E-state index in [0.717, 1.165) is 32.4 Å². The van der Waals surface area contributed by atoms with Crippen LogP contribution in [0.25, 0.3) is 0 Å². The van der Waals surface area contributed by atoms with Crippen molar-refractivity contribution < 1.29 is 4.79 Å². The van der Waals surface area contributed by atoms with Crippen molar-refractivity contribution in [1.29, 1.82) is 0 Å². The minimum atomic E-state index is -0.131. The molecule has 2 rings (SSSR count). The topological polar surface area (TPSA) is 44.4 Å². The normalized spacial score (nSPS) is 19.6. The van der Waals surface area contributed by atoms with E-state index < -0.39 is 0 Å². The molecular formula is C17H27N3O. The summed E-state index contributed by atoms with van der Waals surface area (Å²) in [7, 11) is 2.01. The van der Waals surface area contributed by atoms with E-state index >= 15 is 0 Å². The van der Waals surface area contributed by atoms with Crippen molar-refractivity contribution in [2.45, 2.75) is 45.2 Å². The quantitative estimate of drug-likeness (QED) is 0.875. The molecule has 1 heterocycles. The SMILES string of the molecule is CCCNC(=O)C(C)N1CCCC(NC)c2ccccc21. The molecule has 116 valence electrons. The van der Waals surface area contributed by atoms with Gasteiger partial charge in [-0.05, 0) is 44.9 Å². The number of anilines is 1. The van der Waals surface area contributed by atoms with Crippen molar-refractivity contribution in [3.05, 3.63) is 29.8 Å². The van der Waals surface area contributed by atoms with Gasteiger partial charge in [0, 0.05) is 24.8 Å². The van der Waals surface area contributed by atoms with Gasteiger partial charge in [0.05, 0.1) is 0 Å². The van der Waals surface area contributed by atoms with Gasteiger partial charge in [0.2, 0.25) is 5.91 Å². The first-order valence-electron chi connectivity index (χ1n) is 7.99. The van der Waals surface area contributed by atoms with Gasteiger partial charge in [-0.3, -0.25) is 4.79 Å². The summed E-state index contributed by atoms with van der Waals surface area (Å²) in [5.41, 5.74) is 2.49. The maximum absolute atomic E-state index is 12.3. The van der Waals surface area contributed by atoms with Gasteiger partial charge in [-0.2, -0.15) is 0 Å². The second-order valence-corrected chi connectivity index (χ2v) is 5.70. The van der Waals surface area contributed by atoms with E-state index in [0.29, 0.717) is 6.04 Å². The number of hydrogen-bond donors (Lipinski definition) is 2. The van der Waals surface area contributed by atoms with Crippen LogP contribution >= 0.6 is 0 Å². The van der Waals surface area contributed by atoms with Crippen molar-refractivity contribution in [2.75, 3.05) is 25.0 Å². The predicted molar refractivity (Wildman–Crippen MR) is 87.6 cm³/mol. The van der Waals surface area contributed by atoms with Crippen LogP contribution in [0.3, 0.4) is 0 Å². The Morgan fingerprint density at radius 2 is 2.19 bits per heavy atom. The van der Waals surface area contributed by atoms with E-state index in [-0.39, 0.29) is 11.9 Å². The van der Waals surface area contributed by atoms with E-state index in [1.54, 1.807) is 0 Å². The third-order valence-corrected chi connectivity index (χ3v) is 4.26. The Balaban J connectivity index is 2.25. The first-order valence-corrected chi connectivity index (χ1v) is 7.99. The zero-order valence-electron chi connectivity index (χ0n) is 13.4. The number of hydrogen-bond acceptors (Lipinski definition) is 3. The lowest BCUT2D eigenvalue weighted by atomic mass is 10.0. The van der Waals surface area contributed by atoms with E-state index in [2.05, 4.69) is 46.7 Å². The smallest absolute Gasteiger partial charge is 0.242 e. The highest BCUT2D eigenvalue weighted by molar-refractivity contribution is 5.85. The van der Waals surface area contributed by atoms with Crippen LogP contribution in [-0.4, -0.2) is 32.1 Å². The molecule has 1 amide bonds. The summed E-state index contributed by atoms with van der Waals surface area (Å²) in [4.78, 5) is 14.6. The first-order chi connectivity index (χ1) is 10.2. The molecule has 2 N–H and O–H groups in total. The molecular weight excluding hydrogens is 262 g/mol. The highest BCUT2D eigenvalue weighted by Gasteiger charge is 2.27. The Hall–Kier alpha value is -1.55. The van der Waals surface area contributed by atoms with Crippen molar-refractivity contribution in [1.82, 2.24) is 10.6 Å². The summed E-state index contributed by atoms with van der Waals surface area (Å²) in [6.45, 7) is 5.75. The van der Waals surface area contributed by atoms with Gasteiger partial charge in [0.25, 0.3) is 0 Å². The van der Waals surface area contributed by atoms with Gasteiger partial charge >= 0.3 is 0 Å². The second kappa shape index (κ2) is 7.46. The second-order valence-electron chi connectivity index (χ2n) is 5.70. The molecule has 4 heteroatoms. The number of nitrogens with zero attached hydrogens (tertiary/aromatic N) is 1. The zero-order chi connectivity index (χ0) is 15.2. The first kappa shape index (κ1) is 15.8. The Kier molecular flexibility index (Phi) is 5.62. The third-order valence-electron chi connectivity index (χ3n) is 4.26. The lowest BCUT2D eigenvalue weighted by Crippen LogP contribution is -2.46. The van der Waals surface area contributed by atoms with Crippen LogP contribution < -0.4 is 15.5 Å². The van der Waals surface area contributed by atoms with Crippen LogP contribution in [0.1, 0.15) is 44.7 Å². The highest BCUT2D eigenvalue weighted by atomic mass is 16.2. The summed E-state index contributed by atoms with van der Waals surface area (Å²) in [6, 6.07) is 8.68. The molecule has 4 nitrogen and oxygen atoms in total. The van der Waals surface area contributed by atoms with Gasteiger partial charge in [-0.1, -0.05) is 25.1 Å². The monoisotopic (exact) mass is 289 g/mol. The fraction of sp³-hybridized carbons (Fsp3) is 0.588. The number of carbonyl (C=O) groups excluding carboxylic acids is 1. The lowest BCUT2D eigenvalue weighted by molar-refractivity contribution is -0.122. The van der Waals surface area contributed by atoms with Gasteiger partial charge in [0.15, 0.2) is 0 Å². The molecule has 1 aliphatic rings. The van der Waals surface area contributed by atoms with Gasteiger partial charge in [-0.25, -0.2) is 0 Å². The zero-order valence-corrected chi connectivity index (χ0v) is 13.4. The van der Waals surface area contributed by atoms with Crippen LogP contribution in [0, 0.1) is 0 Å². The van der Waals surface area contributed by atoms with Crippen LogP contribution in [0.15, 0.2) is 24.3 Å². The van der Waals surface area contributed by atoms with Crippen molar-refractivity contribution in [2.24, 2.45) is 0 Å². The molecule has 0 bridgehead atoms. The molecule has 2 unspecified atom stereocenters. The van der Waals surface area contributed by atoms with Gasteiger partial charge < -0.3 is 15.5 Å². The van der Waals surface area contributed by atoms with Crippen molar-refractivity contribution in [3.63, 3.8) is 0 Å². The molecule has 21 heavy (non-hydrogen) atoms. The Bertz CT molecular complexity index is 475. The largest absolute Gasteiger partial charge is 0.360 e. The summed E-state index contributed by atoms with van der Waals surface area (Å²) in [5.74, 6) is 0.120. The average Bonchev–Trinajstić information content (AvgIpc) is 2.71. The van der Waals surface area contributed by atoms with Crippen LogP contribution in [0.2, 0.25) is 0 Å². The molecule has 0 radical (unpaired) electrons. The fourth-order valence-corrected chi connectivity index (χ4v) is 3.03. The van der Waals surface area contributed by atoms with E-state index in [9.17, 15) is 4.79 Å². The number of carbonyl (C=O) groups is 1. The lowest BCUT2D eigenvalue weighted by Gasteiger charge is -2.31. The minimum absolute atomic E-state index is 0.120. The molecule has 1 aliphatic heterocycles. The number of para-hydroxylation sites is 1. The molecule has 0 spiro atoms. The third kappa shape index (κ3) is 3.56.